The number of nitrogens with zero attached hydrogens (tertiary/aromatic N) is 1. The lowest BCUT2D eigenvalue weighted by Gasteiger charge is -2.37. The molecule has 0 unspecified atom stereocenters. The minimum atomic E-state index is -0.108. The summed E-state index contributed by atoms with van der Waals surface area (Å²) < 4.78 is 11.8. The fraction of sp³-hybridized carbons (Fsp3) is 0.647. The van der Waals surface area contributed by atoms with Gasteiger partial charge in [-0.15, -0.1) is 0 Å². The summed E-state index contributed by atoms with van der Waals surface area (Å²) >= 11 is 0. The summed E-state index contributed by atoms with van der Waals surface area (Å²) in [5, 5.41) is 9.31. The molecule has 0 aromatic heterocycles. The third-order valence-electron chi connectivity index (χ3n) is 4.38. The minimum absolute atomic E-state index is 0.0738. The zero-order chi connectivity index (χ0) is 15.0. The van der Waals surface area contributed by atoms with Crippen molar-refractivity contribution in [1.29, 1.82) is 0 Å². The summed E-state index contributed by atoms with van der Waals surface area (Å²) in [4.78, 5) is 2.37. The summed E-state index contributed by atoms with van der Waals surface area (Å²) in [5.41, 5.74) is 2.43. The summed E-state index contributed by atoms with van der Waals surface area (Å²) in [7, 11) is 0. The molecule has 0 aliphatic carbocycles. The van der Waals surface area contributed by atoms with Crippen LogP contribution in [0.5, 0.6) is 5.75 Å². The fourth-order valence-corrected chi connectivity index (χ4v) is 3.23. The summed E-state index contributed by atoms with van der Waals surface area (Å²) in [6, 6.07) is 6.79. The number of hydrogen-bond acceptors (Lipinski definition) is 4. The molecule has 2 heterocycles. The maximum atomic E-state index is 9.31. The lowest BCUT2D eigenvalue weighted by Crippen LogP contribution is -2.48. The number of rotatable bonds is 3. The first-order valence-corrected chi connectivity index (χ1v) is 7.75. The van der Waals surface area contributed by atoms with Gasteiger partial charge in [0.15, 0.2) is 0 Å². The van der Waals surface area contributed by atoms with E-state index < -0.39 is 0 Å². The Hall–Kier alpha value is -1.10. The largest absolute Gasteiger partial charge is 0.487 e. The van der Waals surface area contributed by atoms with Gasteiger partial charge < -0.3 is 14.6 Å². The predicted molar refractivity (Wildman–Crippen MR) is 81.6 cm³/mol. The first kappa shape index (κ1) is 14.8. The Labute approximate surface area is 126 Å². The second-order valence-corrected chi connectivity index (χ2v) is 6.86. The van der Waals surface area contributed by atoms with Crippen molar-refractivity contribution in [1.82, 2.24) is 4.90 Å². The van der Waals surface area contributed by atoms with Crippen LogP contribution in [0.3, 0.4) is 0 Å². The van der Waals surface area contributed by atoms with Crippen LogP contribution in [0.25, 0.3) is 0 Å². The molecule has 3 rings (SSSR count). The summed E-state index contributed by atoms with van der Waals surface area (Å²) in [5.74, 6) is 1.06. The molecule has 1 N–H and O–H groups in total. The van der Waals surface area contributed by atoms with Crippen molar-refractivity contribution in [3.05, 3.63) is 29.3 Å². The Morgan fingerprint density at radius 2 is 2.19 bits per heavy atom. The second-order valence-electron chi connectivity index (χ2n) is 6.86. The Bertz CT molecular complexity index is 515. The van der Waals surface area contributed by atoms with Crippen LogP contribution in [0.1, 0.15) is 31.9 Å². The van der Waals surface area contributed by atoms with Gasteiger partial charge in [0.05, 0.1) is 19.3 Å². The average molecular weight is 291 g/mol. The van der Waals surface area contributed by atoms with Crippen molar-refractivity contribution >= 4 is 0 Å². The zero-order valence-electron chi connectivity index (χ0n) is 13.1. The topological polar surface area (TPSA) is 41.9 Å². The van der Waals surface area contributed by atoms with Gasteiger partial charge in [0, 0.05) is 31.1 Å². The van der Waals surface area contributed by atoms with Crippen molar-refractivity contribution in [2.45, 2.75) is 51.5 Å². The Balaban J connectivity index is 1.78. The molecule has 0 radical (unpaired) electrons. The highest BCUT2D eigenvalue weighted by Crippen LogP contribution is 2.38. The van der Waals surface area contributed by atoms with Crippen LogP contribution in [0.2, 0.25) is 0 Å². The van der Waals surface area contributed by atoms with Crippen molar-refractivity contribution < 1.29 is 14.6 Å². The third-order valence-corrected chi connectivity index (χ3v) is 4.38. The van der Waals surface area contributed by atoms with Crippen molar-refractivity contribution in [3.63, 3.8) is 0 Å². The van der Waals surface area contributed by atoms with Crippen LogP contribution in [-0.4, -0.2) is 47.5 Å². The Kier molecular flexibility index (Phi) is 3.95. The molecular weight excluding hydrogens is 266 g/mol. The second kappa shape index (κ2) is 5.59. The van der Waals surface area contributed by atoms with E-state index in [1.54, 1.807) is 0 Å². The van der Waals surface area contributed by atoms with Crippen LogP contribution in [-0.2, 0) is 17.7 Å². The SMILES string of the molecule is C[C@H]1CO[C@H](CO)CN1Cc1cccc2c1OC(C)(C)C2. The number of benzene rings is 1. The number of aliphatic hydroxyl groups is 1. The number of aliphatic hydroxyl groups excluding tert-OH is 1. The number of ether oxygens (including phenoxy) is 2. The van der Waals surface area contributed by atoms with Crippen LogP contribution in [0.4, 0.5) is 0 Å². The number of hydrogen-bond donors (Lipinski definition) is 1. The first-order valence-electron chi connectivity index (χ1n) is 7.75. The van der Waals surface area contributed by atoms with Gasteiger partial charge in [-0.3, -0.25) is 4.90 Å². The van der Waals surface area contributed by atoms with E-state index in [-0.39, 0.29) is 18.3 Å². The highest BCUT2D eigenvalue weighted by atomic mass is 16.5. The molecule has 0 spiro atoms. The average Bonchev–Trinajstić information content (AvgIpc) is 2.76. The standard InChI is InChI=1S/C17H25NO3/c1-12-11-20-15(10-19)9-18(12)8-14-6-4-5-13-7-17(2,3)21-16(13)14/h4-6,12,15,19H,7-11H2,1-3H3/t12-,15-/m0/s1. The molecule has 2 atom stereocenters. The fourth-order valence-electron chi connectivity index (χ4n) is 3.23. The molecule has 4 heteroatoms. The first-order chi connectivity index (χ1) is 9.98. The molecular formula is C17H25NO3. The van der Waals surface area contributed by atoms with E-state index in [2.05, 4.69) is 43.9 Å². The Morgan fingerprint density at radius 3 is 2.95 bits per heavy atom. The van der Waals surface area contributed by atoms with Crippen molar-refractivity contribution in [2.24, 2.45) is 0 Å². The highest BCUT2D eigenvalue weighted by molar-refractivity contribution is 5.45. The van der Waals surface area contributed by atoms with Crippen molar-refractivity contribution in [3.8, 4) is 5.75 Å². The van der Waals surface area contributed by atoms with Gasteiger partial charge >= 0.3 is 0 Å². The molecule has 0 amide bonds. The van der Waals surface area contributed by atoms with Gasteiger partial charge in [-0.05, 0) is 26.3 Å². The van der Waals surface area contributed by atoms with Crippen LogP contribution >= 0.6 is 0 Å². The zero-order valence-corrected chi connectivity index (χ0v) is 13.1. The lowest BCUT2D eigenvalue weighted by atomic mass is 10.00. The molecule has 1 aromatic rings. The summed E-state index contributed by atoms with van der Waals surface area (Å²) in [6.07, 6.45) is 0.893. The molecule has 2 aliphatic heterocycles. The van der Waals surface area contributed by atoms with E-state index in [0.717, 1.165) is 25.3 Å². The molecule has 0 bridgehead atoms. The minimum Gasteiger partial charge on any atom is -0.487 e. The highest BCUT2D eigenvalue weighted by Gasteiger charge is 2.33. The maximum absolute atomic E-state index is 9.31. The van der Waals surface area contributed by atoms with Gasteiger partial charge in [0.2, 0.25) is 0 Å². The predicted octanol–water partition coefficient (Wildman–Crippen LogP) is 1.98. The molecule has 21 heavy (non-hydrogen) atoms. The normalized spacial score (nSPS) is 28.2. The van der Waals surface area contributed by atoms with E-state index in [0.29, 0.717) is 12.6 Å². The van der Waals surface area contributed by atoms with E-state index in [1.807, 2.05) is 0 Å². The van der Waals surface area contributed by atoms with Crippen LogP contribution < -0.4 is 4.74 Å². The van der Waals surface area contributed by atoms with E-state index in [1.165, 1.54) is 11.1 Å². The van der Waals surface area contributed by atoms with Crippen LogP contribution in [0.15, 0.2) is 18.2 Å². The quantitative estimate of drug-likeness (QED) is 0.924. The molecule has 116 valence electrons. The smallest absolute Gasteiger partial charge is 0.127 e. The van der Waals surface area contributed by atoms with Gasteiger partial charge in [-0.25, -0.2) is 0 Å². The lowest BCUT2D eigenvalue weighted by molar-refractivity contribution is -0.0807. The van der Waals surface area contributed by atoms with Gasteiger partial charge in [-0.1, -0.05) is 18.2 Å². The van der Waals surface area contributed by atoms with E-state index in [4.69, 9.17) is 9.47 Å². The number of fused-ring (bicyclic) bond motifs is 1. The third kappa shape index (κ3) is 3.07. The van der Waals surface area contributed by atoms with E-state index >= 15 is 0 Å². The molecule has 1 aromatic carbocycles. The molecule has 4 nitrogen and oxygen atoms in total. The van der Waals surface area contributed by atoms with Crippen molar-refractivity contribution in [2.75, 3.05) is 19.8 Å². The van der Waals surface area contributed by atoms with Gasteiger partial charge in [0.1, 0.15) is 11.4 Å². The molecule has 1 saturated heterocycles. The molecule has 2 aliphatic rings. The van der Waals surface area contributed by atoms with Gasteiger partial charge in [-0.2, -0.15) is 0 Å². The molecule has 0 saturated carbocycles. The van der Waals surface area contributed by atoms with Gasteiger partial charge in [0.25, 0.3) is 0 Å². The molecule has 1 fully saturated rings. The Morgan fingerprint density at radius 1 is 1.38 bits per heavy atom. The maximum Gasteiger partial charge on any atom is 0.127 e. The monoisotopic (exact) mass is 291 g/mol. The van der Waals surface area contributed by atoms with E-state index in [9.17, 15) is 5.11 Å². The number of para-hydroxylation sites is 1. The summed E-state index contributed by atoms with van der Waals surface area (Å²) in [6.45, 7) is 8.81. The van der Waals surface area contributed by atoms with Crippen LogP contribution in [0, 0.1) is 0 Å². The number of morpholine rings is 1.